The van der Waals surface area contributed by atoms with Crippen LogP contribution >= 0.6 is 0 Å². The van der Waals surface area contributed by atoms with Crippen LogP contribution in [0, 0.1) is 17.8 Å². The highest BCUT2D eigenvalue weighted by Crippen LogP contribution is 2.44. The highest BCUT2D eigenvalue weighted by molar-refractivity contribution is 5.31. The average molecular weight is 301 g/mol. The second-order valence-electron chi connectivity index (χ2n) is 8.12. The standard InChI is InChI=1S/C22H36/c1-2-21(18-12-6-3-7-13-18)22(19-14-8-4-9-15-19)20-16-10-5-11-17-20/h2,18-20H,1,3-17H2. The molecule has 0 nitrogen and oxygen atoms in total. The molecule has 0 aliphatic heterocycles. The number of hydrogen-bond donors (Lipinski definition) is 0. The van der Waals surface area contributed by atoms with Gasteiger partial charge in [0.05, 0.1) is 0 Å². The number of allylic oxidation sites excluding steroid dienone is 3. The minimum Gasteiger partial charge on any atom is -0.0988 e. The molecule has 0 unspecified atom stereocenters. The quantitative estimate of drug-likeness (QED) is 0.481. The first-order chi connectivity index (χ1) is 10.9. The molecule has 0 atom stereocenters. The molecule has 0 heterocycles. The highest BCUT2D eigenvalue weighted by Gasteiger charge is 2.30. The third-order valence-corrected chi connectivity index (χ3v) is 6.69. The fourth-order valence-electron chi connectivity index (χ4n) is 5.57. The first-order valence-electron chi connectivity index (χ1n) is 10.3. The Labute approximate surface area is 138 Å². The van der Waals surface area contributed by atoms with Crippen LogP contribution < -0.4 is 0 Å². The van der Waals surface area contributed by atoms with Crippen molar-refractivity contribution in [1.29, 1.82) is 0 Å². The van der Waals surface area contributed by atoms with Crippen LogP contribution in [-0.4, -0.2) is 0 Å². The largest absolute Gasteiger partial charge is 0.0988 e. The normalized spacial score (nSPS) is 25.8. The van der Waals surface area contributed by atoms with Gasteiger partial charge in [-0.2, -0.15) is 0 Å². The van der Waals surface area contributed by atoms with Gasteiger partial charge in [-0.15, -0.1) is 0 Å². The van der Waals surface area contributed by atoms with Gasteiger partial charge in [-0.3, -0.25) is 0 Å². The van der Waals surface area contributed by atoms with Crippen molar-refractivity contribution in [3.8, 4) is 0 Å². The van der Waals surface area contributed by atoms with Gasteiger partial charge in [0.25, 0.3) is 0 Å². The molecular formula is C22H36. The molecule has 3 rings (SSSR count). The fourth-order valence-corrected chi connectivity index (χ4v) is 5.57. The van der Waals surface area contributed by atoms with Crippen LogP contribution in [0.1, 0.15) is 96.3 Å². The summed E-state index contributed by atoms with van der Waals surface area (Å²) in [6.07, 6.45) is 24.2. The lowest BCUT2D eigenvalue weighted by Gasteiger charge is -2.37. The molecule has 0 amide bonds. The van der Waals surface area contributed by atoms with Crippen molar-refractivity contribution in [2.45, 2.75) is 96.3 Å². The Bertz CT molecular complexity index is 351. The van der Waals surface area contributed by atoms with Gasteiger partial charge in [0.15, 0.2) is 0 Å². The van der Waals surface area contributed by atoms with Gasteiger partial charge in [-0.05, 0) is 61.9 Å². The smallest absolute Gasteiger partial charge is 0.0162 e. The Hall–Kier alpha value is -0.520. The average Bonchev–Trinajstić information content (AvgIpc) is 2.62. The lowest BCUT2D eigenvalue weighted by atomic mass is 9.69. The van der Waals surface area contributed by atoms with E-state index in [4.69, 9.17) is 0 Å². The molecule has 0 heteroatoms. The van der Waals surface area contributed by atoms with E-state index < -0.39 is 0 Å². The maximum Gasteiger partial charge on any atom is -0.0162 e. The third-order valence-electron chi connectivity index (χ3n) is 6.69. The van der Waals surface area contributed by atoms with Crippen molar-refractivity contribution in [3.05, 3.63) is 23.8 Å². The minimum absolute atomic E-state index is 0.852. The summed E-state index contributed by atoms with van der Waals surface area (Å²) in [7, 11) is 0. The topological polar surface area (TPSA) is 0 Å². The van der Waals surface area contributed by atoms with Crippen molar-refractivity contribution in [3.63, 3.8) is 0 Å². The molecule has 3 saturated carbocycles. The van der Waals surface area contributed by atoms with E-state index >= 15 is 0 Å². The van der Waals surface area contributed by atoms with Crippen molar-refractivity contribution < 1.29 is 0 Å². The Morgan fingerprint density at radius 2 is 0.909 bits per heavy atom. The van der Waals surface area contributed by atoms with Gasteiger partial charge in [0.1, 0.15) is 0 Å². The fraction of sp³-hybridized carbons (Fsp3) is 0.818. The van der Waals surface area contributed by atoms with Gasteiger partial charge in [-0.25, -0.2) is 0 Å². The molecule has 0 aromatic carbocycles. The van der Waals surface area contributed by atoms with E-state index in [2.05, 4.69) is 12.7 Å². The predicted octanol–water partition coefficient (Wildman–Crippen LogP) is 7.21. The Morgan fingerprint density at radius 1 is 0.545 bits per heavy atom. The van der Waals surface area contributed by atoms with E-state index in [0.717, 1.165) is 17.8 Å². The molecule has 0 spiro atoms. The molecule has 22 heavy (non-hydrogen) atoms. The van der Waals surface area contributed by atoms with Crippen LogP contribution in [0.15, 0.2) is 23.8 Å². The van der Waals surface area contributed by atoms with Crippen molar-refractivity contribution in [2.24, 2.45) is 17.8 Å². The van der Waals surface area contributed by atoms with Gasteiger partial charge in [-0.1, -0.05) is 76.0 Å². The molecule has 0 bridgehead atoms. The molecule has 0 aromatic heterocycles. The van der Waals surface area contributed by atoms with Gasteiger partial charge in [0, 0.05) is 0 Å². The van der Waals surface area contributed by atoms with Crippen molar-refractivity contribution >= 4 is 0 Å². The molecule has 0 N–H and O–H groups in total. The van der Waals surface area contributed by atoms with Crippen LogP contribution in [0.2, 0.25) is 0 Å². The van der Waals surface area contributed by atoms with E-state index in [1.165, 1.54) is 96.3 Å². The maximum atomic E-state index is 4.29. The summed E-state index contributed by atoms with van der Waals surface area (Å²) in [5, 5.41) is 0. The third kappa shape index (κ3) is 3.87. The van der Waals surface area contributed by atoms with E-state index in [1.54, 1.807) is 5.57 Å². The summed E-state index contributed by atoms with van der Waals surface area (Å²) in [6.45, 7) is 4.29. The zero-order valence-electron chi connectivity index (χ0n) is 14.6. The predicted molar refractivity (Wildman–Crippen MR) is 96.9 cm³/mol. The van der Waals surface area contributed by atoms with E-state index in [0.29, 0.717) is 0 Å². The summed E-state index contributed by atoms with van der Waals surface area (Å²) >= 11 is 0. The monoisotopic (exact) mass is 300 g/mol. The number of hydrogen-bond acceptors (Lipinski definition) is 0. The molecule has 124 valence electrons. The molecular weight excluding hydrogens is 264 g/mol. The van der Waals surface area contributed by atoms with E-state index in [9.17, 15) is 0 Å². The molecule has 3 aliphatic carbocycles. The maximum absolute atomic E-state index is 4.29. The second-order valence-corrected chi connectivity index (χ2v) is 8.12. The van der Waals surface area contributed by atoms with E-state index in [-0.39, 0.29) is 0 Å². The minimum atomic E-state index is 0.852. The van der Waals surface area contributed by atoms with Crippen LogP contribution in [0.25, 0.3) is 0 Å². The van der Waals surface area contributed by atoms with Crippen LogP contribution in [0.3, 0.4) is 0 Å². The molecule has 0 saturated heterocycles. The summed E-state index contributed by atoms with van der Waals surface area (Å²) in [6, 6.07) is 0. The van der Waals surface area contributed by atoms with Gasteiger partial charge < -0.3 is 0 Å². The Kier molecular flexibility index (Phi) is 6.21. The zero-order valence-corrected chi connectivity index (χ0v) is 14.6. The summed E-state index contributed by atoms with van der Waals surface area (Å²) in [5.74, 6) is 2.67. The number of rotatable bonds is 4. The zero-order chi connectivity index (χ0) is 15.2. The lowest BCUT2D eigenvalue weighted by Crippen LogP contribution is -2.23. The molecule has 0 radical (unpaired) electrons. The van der Waals surface area contributed by atoms with Crippen LogP contribution in [0.5, 0.6) is 0 Å². The SMILES string of the molecule is C=CC(=C(C1CCCCC1)C1CCCCC1)C1CCCCC1. The van der Waals surface area contributed by atoms with Gasteiger partial charge >= 0.3 is 0 Å². The lowest BCUT2D eigenvalue weighted by molar-refractivity contribution is 0.313. The van der Waals surface area contributed by atoms with Gasteiger partial charge in [0.2, 0.25) is 0 Å². The molecule has 0 aromatic rings. The molecule has 3 aliphatic rings. The first-order valence-corrected chi connectivity index (χ1v) is 10.3. The van der Waals surface area contributed by atoms with Crippen molar-refractivity contribution in [2.75, 3.05) is 0 Å². The first kappa shape index (κ1) is 16.3. The molecule has 3 fully saturated rings. The summed E-state index contributed by atoms with van der Waals surface area (Å²) < 4.78 is 0. The summed E-state index contributed by atoms with van der Waals surface area (Å²) in [5.41, 5.74) is 3.65. The highest BCUT2D eigenvalue weighted by atomic mass is 14.4. The van der Waals surface area contributed by atoms with E-state index in [1.807, 2.05) is 5.57 Å². The second kappa shape index (κ2) is 8.37. The van der Waals surface area contributed by atoms with Crippen molar-refractivity contribution in [1.82, 2.24) is 0 Å². The summed E-state index contributed by atoms with van der Waals surface area (Å²) in [4.78, 5) is 0. The Balaban J connectivity index is 1.88. The van der Waals surface area contributed by atoms with Crippen LogP contribution in [0.4, 0.5) is 0 Å². The van der Waals surface area contributed by atoms with Crippen LogP contribution in [-0.2, 0) is 0 Å². The Morgan fingerprint density at radius 3 is 1.27 bits per heavy atom.